The average Bonchev–Trinajstić information content (AvgIpc) is 3.60. The third kappa shape index (κ3) is 6.10. The Labute approximate surface area is 239 Å². The van der Waals surface area contributed by atoms with Crippen LogP contribution in [-0.2, 0) is 9.53 Å². The van der Waals surface area contributed by atoms with E-state index >= 15 is 0 Å². The van der Waals surface area contributed by atoms with Gasteiger partial charge in [-0.1, -0.05) is 0 Å². The molecule has 0 bridgehead atoms. The summed E-state index contributed by atoms with van der Waals surface area (Å²) >= 11 is 0. The lowest BCUT2D eigenvalue weighted by atomic mass is 10.1. The molecule has 3 aromatic heterocycles. The normalized spacial score (nSPS) is 19.5. The van der Waals surface area contributed by atoms with Crippen LogP contribution >= 0.6 is 0 Å². The molecule has 3 aliphatic heterocycles. The van der Waals surface area contributed by atoms with E-state index in [4.69, 9.17) is 4.74 Å². The zero-order chi connectivity index (χ0) is 28.3. The van der Waals surface area contributed by atoms with E-state index in [1.165, 1.54) is 0 Å². The van der Waals surface area contributed by atoms with Crippen LogP contribution in [-0.4, -0.2) is 75.0 Å². The summed E-state index contributed by atoms with van der Waals surface area (Å²) in [5, 5.41) is 6.69. The van der Waals surface area contributed by atoms with Gasteiger partial charge in [0.05, 0.1) is 35.4 Å². The molecule has 41 heavy (non-hydrogen) atoms. The van der Waals surface area contributed by atoms with Crippen LogP contribution in [0.1, 0.15) is 54.4 Å². The van der Waals surface area contributed by atoms with Crippen molar-refractivity contribution in [2.24, 2.45) is 0 Å². The van der Waals surface area contributed by atoms with Crippen LogP contribution in [0.15, 0.2) is 54.8 Å². The fourth-order valence-corrected chi connectivity index (χ4v) is 5.62. The number of carbonyl (C=O) groups excluding carboxylic acids is 2. The van der Waals surface area contributed by atoms with Gasteiger partial charge in [-0.25, -0.2) is 4.98 Å². The molecular formula is C31H35N7O3. The molecule has 10 heteroatoms. The Balaban J connectivity index is 1.14. The number of likely N-dealkylation sites (tertiary alicyclic amines) is 1. The second-order valence-corrected chi connectivity index (χ2v) is 11.0. The van der Waals surface area contributed by atoms with Crippen molar-refractivity contribution in [2.45, 2.75) is 51.6 Å². The van der Waals surface area contributed by atoms with Crippen molar-refractivity contribution in [3.05, 3.63) is 71.8 Å². The fourth-order valence-electron chi connectivity index (χ4n) is 5.62. The van der Waals surface area contributed by atoms with Crippen LogP contribution in [0, 0.1) is 6.92 Å². The first-order chi connectivity index (χ1) is 19.9. The fraction of sp³-hybridized carbons (Fsp3) is 0.387. The maximum Gasteiger partial charge on any atom is 0.257 e. The number of aromatic amines is 1. The standard InChI is InChI=1S/C31H35N7O3/c1-20-5-3-9-37(20)19-29(39)34-25-15-27(21(2)32-17-25)36-31(40)24-13-23-14-28(35-30(23)33-16-24)22-6-4-10-38(18-22)26-7-11-41-12-8-26/h6,10,13-18,20,26H,3,5,7-9,11-12,19H2,1-2H3,(H,33,35)(H,34,39)(H,36,40)/t20-/m0/s1. The summed E-state index contributed by atoms with van der Waals surface area (Å²) in [5.74, 6) is -0.388. The number of hydrogen-bond donors (Lipinski definition) is 3. The second-order valence-electron chi connectivity index (χ2n) is 11.0. The van der Waals surface area contributed by atoms with Crippen LogP contribution in [0.4, 0.5) is 11.4 Å². The number of hydrogen-bond acceptors (Lipinski definition) is 7. The SMILES string of the molecule is Cc1ncc(NC(=O)CN2CCC[C@@H]2C)cc1NC(=O)c1cnc2[nH]c(C3=CN(C4CCOCC4)C=C=C3)cc2c1. The molecule has 2 fully saturated rings. The molecule has 6 heterocycles. The minimum atomic E-state index is -0.299. The van der Waals surface area contributed by atoms with Crippen LogP contribution < -0.4 is 10.6 Å². The Morgan fingerprint density at radius 1 is 1.12 bits per heavy atom. The quantitative estimate of drug-likeness (QED) is 0.371. The Hall–Kier alpha value is -4.24. The molecule has 6 rings (SSSR count). The minimum Gasteiger partial charge on any atom is -0.381 e. The third-order valence-corrected chi connectivity index (χ3v) is 8.06. The number of rotatable bonds is 7. The number of anilines is 2. The number of fused-ring (bicyclic) bond motifs is 1. The first-order valence-corrected chi connectivity index (χ1v) is 14.2. The lowest BCUT2D eigenvalue weighted by Gasteiger charge is -2.31. The highest BCUT2D eigenvalue weighted by molar-refractivity contribution is 6.06. The van der Waals surface area contributed by atoms with E-state index in [1.807, 2.05) is 31.3 Å². The summed E-state index contributed by atoms with van der Waals surface area (Å²) in [6.45, 7) is 6.79. The molecule has 212 valence electrons. The summed E-state index contributed by atoms with van der Waals surface area (Å²) in [5.41, 5.74) is 8.03. The predicted molar refractivity (Wildman–Crippen MR) is 158 cm³/mol. The maximum absolute atomic E-state index is 13.2. The molecular weight excluding hydrogens is 518 g/mol. The van der Waals surface area contributed by atoms with Crippen molar-refractivity contribution in [3.8, 4) is 0 Å². The second kappa shape index (κ2) is 11.7. The number of nitrogens with one attached hydrogen (secondary N) is 3. The van der Waals surface area contributed by atoms with Crippen molar-refractivity contribution in [1.82, 2.24) is 24.8 Å². The number of carbonyl (C=O) groups is 2. The van der Waals surface area contributed by atoms with Gasteiger partial charge in [-0.15, -0.1) is 5.73 Å². The highest BCUT2D eigenvalue weighted by Crippen LogP contribution is 2.26. The number of amides is 2. The molecule has 0 radical (unpaired) electrons. The van der Waals surface area contributed by atoms with Crippen LogP contribution in [0.5, 0.6) is 0 Å². The van der Waals surface area contributed by atoms with E-state index in [9.17, 15) is 9.59 Å². The van der Waals surface area contributed by atoms with Crippen molar-refractivity contribution >= 4 is 39.8 Å². The molecule has 10 nitrogen and oxygen atoms in total. The average molecular weight is 554 g/mol. The number of nitrogens with zero attached hydrogens (tertiary/aromatic N) is 4. The number of aryl methyl sites for hydroxylation is 1. The van der Waals surface area contributed by atoms with Crippen LogP contribution in [0.3, 0.4) is 0 Å². The lowest BCUT2D eigenvalue weighted by Crippen LogP contribution is -2.35. The molecule has 0 unspecified atom stereocenters. The molecule has 3 aliphatic rings. The lowest BCUT2D eigenvalue weighted by molar-refractivity contribution is -0.117. The van der Waals surface area contributed by atoms with Gasteiger partial charge in [-0.3, -0.25) is 19.5 Å². The number of aromatic nitrogens is 3. The number of allylic oxidation sites excluding steroid dienone is 2. The smallest absolute Gasteiger partial charge is 0.257 e. The van der Waals surface area contributed by atoms with Gasteiger partial charge in [0.2, 0.25) is 5.91 Å². The van der Waals surface area contributed by atoms with E-state index in [0.717, 1.165) is 62.1 Å². The van der Waals surface area contributed by atoms with Crippen molar-refractivity contribution in [1.29, 1.82) is 0 Å². The molecule has 1 atom stereocenters. The van der Waals surface area contributed by atoms with Crippen molar-refractivity contribution in [3.63, 3.8) is 0 Å². The molecule has 0 spiro atoms. The number of pyridine rings is 2. The molecule has 2 amide bonds. The highest BCUT2D eigenvalue weighted by Gasteiger charge is 2.23. The summed E-state index contributed by atoms with van der Waals surface area (Å²) in [7, 11) is 0. The Kier molecular flexibility index (Phi) is 7.69. The Bertz CT molecular complexity index is 1560. The monoisotopic (exact) mass is 553 g/mol. The zero-order valence-corrected chi connectivity index (χ0v) is 23.4. The Morgan fingerprint density at radius 3 is 2.78 bits per heavy atom. The van der Waals surface area contributed by atoms with Gasteiger partial charge in [-0.05, 0) is 70.4 Å². The summed E-state index contributed by atoms with van der Waals surface area (Å²) in [6, 6.07) is 6.37. The van der Waals surface area contributed by atoms with E-state index in [-0.39, 0.29) is 11.8 Å². The molecule has 2 saturated heterocycles. The molecule has 3 aromatic rings. The zero-order valence-electron chi connectivity index (χ0n) is 23.4. The van der Waals surface area contributed by atoms with E-state index < -0.39 is 0 Å². The summed E-state index contributed by atoms with van der Waals surface area (Å²) in [6.07, 6.45) is 13.4. The maximum atomic E-state index is 13.2. The van der Waals surface area contributed by atoms with Crippen molar-refractivity contribution < 1.29 is 14.3 Å². The summed E-state index contributed by atoms with van der Waals surface area (Å²) in [4.78, 5) is 42.4. The predicted octanol–water partition coefficient (Wildman–Crippen LogP) is 4.45. The first-order valence-electron chi connectivity index (χ1n) is 14.2. The van der Waals surface area contributed by atoms with Gasteiger partial charge in [0.15, 0.2) is 0 Å². The number of H-pyrrole nitrogens is 1. The van der Waals surface area contributed by atoms with E-state index in [0.29, 0.717) is 46.9 Å². The number of ether oxygens (including phenoxy) is 1. The molecule has 0 aliphatic carbocycles. The van der Waals surface area contributed by atoms with Crippen molar-refractivity contribution in [2.75, 3.05) is 36.9 Å². The largest absolute Gasteiger partial charge is 0.381 e. The van der Waals surface area contributed by atoms with Gasteiger partial charge in [0.1, 0.15) is 5.65 Å². The topological polar surface area (TPSA) is 115 Å². The van der Waals surface area contributed by atoms with Gasteiger partial charge in [0.25, 0.3) is 5.91 Å². The first kappa shape index (κ1) is 27.0. The van der Waals surface area contributed by atoms with Gasteiger partial charge >= 0.3 is 0 Å². The minimum absolute atomic E-state index is 0.0890. The van der Waals surface area contributed by atoms with E-state index in [1.54, 1.807) is 18.5 Å². The third-order valence-electron chi connectivity index (χ3n) is 8.06. The van der Waals surface area contributed by atoms with Crippen LogP contribution in [0.25, 0.3) is 16.6 Å². The molecule has 3 N–H and O–H groups in total. The van der Waals surface area contributed by atoms with E-state index in [2.05, 4.69) is 54.2 Å². The molecule has 0 saturated carbocycles. The van der Waals surface area contributed by atoms with Gasteiger partial charge < -0.3 is 25.3 Å². The van der Waals surface area contributed by atoms with Gasteiger partial charge in [0, 0.05) is 60.5 Å². The Morgan fingerprint density at radius 2 is 1.98 bits per heavy atom. The molecule has 0 aromatic carbocycles. The summed E-state index contributed by atoms with van der Waals surface area (Å²) < 4.78 is 5.50. The highest BCUT2D eigenvalue weighted by atomic mass is 16.5. The van der Waals surface area contributed by atoms with Crippen LogP contribution in [0.2, 0.25) is 0 Å². The van der Waals surface area contributed by atoms with Gasteiger partial charge in [-0.2, -0.15) is 0 Å².